The average molecular weight is 521 g/mol. The van der Waals surface area contributed by atoms with Gasteiger partial charge in [0.1, 0.15) is 18.4 Å². The summed E-state index contributed by atoms with van der Waals surface area (Å²) >= 11 is 0. The molecule has 1 amide bonds. The SMILES string of the molecule is O=C(N[C@H]1CC[C@H](c2nnc(OCCOC(F)(F)F)o2)OC1)c1cnc2cc(C(F)(F)F)ccc2n1. The molecule has 10 nitrogen and oxygen atoms in total. The highest BCUT2D eigenvalue weighted by Gasteiger charge is 2.32. The summed E-state index contributed by atoms with van der Waals surface area (Å²) in [6, 6.07) is 2.45. The van der Waals surface area contributed by atoms with Crippen LogP contribution in [0.4, 0.5) is 26.3 Å². The summed E-state index contributed by atoms with van der Waals surface area (Å²) in [5, 5.41) is 10.0. The number of hydrogen-bond acceptors (Lipinski definition) is 9. The monoisotopic (exact) mass is 521 g/mol. The minimum atomic E-state index is -4.77. The standard InChI is InChI=1S/C20H17F6N5O5/c21-19(22,23)10-1-3-12-13(7-10)27-8-14(29-12)16(32)28-11-2-4-15(34-9-11)17-30-31-18(36-17)33-5-6-35-20(24,25)26/h1,3,7-8,11,15H,2,4-6,9H2,(H,28,32)/t11-,15+/m0/s1. The first-order valence-corrected chi connectivity index (χ1v) is 10.4. The van der Waals surface area contributed by atoms with Gasteiger partial charge in [0, 0.05) is 0 Å². The molecule has 2 atom stereocenters. The van der Waals surface area contributed by atoms with E-state index in [0.29, 0.717) is 12.8 Å². The number of carbonyl (C=O) groups excluding carboxylic acids is 1. The van der Waals surface area contributed by atoms with Crippen molar-refractivity contribution in [3.63, 3.8) is 0 Å². The molecule has 0 radical (unpaired) electrons. The van der Waals surface area contributed by atoms with Gasteiger partial charge in [-0.25, -0.2) is 4.98 Å². The van der Waals surface area contributed by atoms with Crippen LogP contribution in [-0.2, 0) is 15.7 Å². The van der Waals surface area contributed by atoms with Crippen molar-refractivity contribution in [1.82, 2.24) is 25.5 Å². The van der Waals surface area contributed by atoms with Crippen molar-refractivity contribution in [3.05, 3.63) is 41.5 Å². The summed E-state index contributed by atoms with van der Waals surface area (Å²) in [5.74, 6) is -0.518. The van der Waals surface area contributed by atoms with Crippen LogP contribution >= 0.6 is 0 Å². The van der Waals surface area contributed by atoms with Gasteiger partial charge in [0.2, 0.25) is 5.89 Å². The van der Waals surface area contributed by atoms with E-state index in [4.69, 9.17) is 13.9 Å². The molecule has 194 valence electrons. The van der Waals surface area contributed by atoms with E-state index in [9.17, 15) is 31.1 Å². The summed E-state index contributed by atoms with van der Waals surface area (Å²) in [6.07, 6.45) is -8.34. The van der Waals surface area contributed by atoms with Gasteiger partial charge < -0.3 is 19.2 Å². The first kappa shape index (κ1) is 25.6. The number of hydrogen-bond donors (Lipinski definition) is 1. The lowest BCUT2D eigenvalue weighted by molar-refractivity contribution is -0.325. The van der Waals surface area contributed by atoms with Crippen molar-refractivity contribution in [2.75, 3.05) is 19.8 Å². The van der Waals surface area contributed by atoms with Gasteiger partial charge in [0.05, 0.1) is 42.0 Å². The molecule has 3 aromatic rings. The zero-order valence-electron chi connectivity index (χ0n) is 18.1. The molecule has 0 saturated carbocycles. The predicted molar refractivity (Wildman–Crippen MR) is 106 cm³/mol. The molecule has 0 unspecified atom stereocenters. The third-order valence-corrected chi connectivity index (χ3v) is 4.99. The van der Waals surface area contributed by atoms with Gasteiger partial charge in [-0.2, -0.15) is 13.2 Å². The molecule has 1 N–H and O–H groups in total. The number of halogens is 6. The number of benzene rings is 1. The fraction of sp³-hybridized carbons (Fsp3) is 0.450. The van der Waals surface area contributed by atoms with Crippen LogP contribution in [0.2, 0.25) is 0 Å². The molecule has 2 aromatic heterocycles. The smallest absolute Gasteiger partial charge is 0.447 e. The van der Waals surface area contributed by atoms with Crippen LogP contribution in [0.15, 0.2) is 28.8 Å². The maximum Gasteiger partial charge on any atom is 0.522 e. The highest BCUT2D eigenvalue weighted by molar-refractivity contribution is 5.94. The van der Waals surface area contributed by atoms with Crippen molar-refractivity contribution < 1.29 is 49.8 Å². The second kappa shape index (κ2) is 10.2. The van der Waals surface area contributed by atoms with E-state index in [1.54, 1.807) is 0 Å². The molecular weight excluding hydrogens is 504 g/mol. The summed E-state index contributed by atoms with van der Waals surface area (Å²) in [7, 11) is 0. The lowest BCUT2D eigenvalue weighted by Gasteiger charge is -2.27. The molecule has 1 aromatic carbocycles. The second-order valence-electron chi connectivity index (χ2n) is 7.58. The average Bonchev–Trinajstić information content (AvgIpc) is 3.29. The minimum absolute atomic E-state index is 0.000927. The first-order valence-electron chi connectivity index (χ1n) is 10.4. The maximum atomic E-state index is 12.8. The van der Waals surface area contributed by atoms with E-state index in [2.05, 4.69) is 30.2 Å². The Morgan fingerprint density at radius 2 is 1.89 bits per heavy atom. The Balaban J connectivity index is 1.27. The van der Waals surface area contributed by atoms with Gasteiger partial charge in [0.15, 0.2) is 0 Å². The Hall–Kier alpha value is -3.53. The predicted octanol–water partition coefficient (Wildman–Crippen LogP) is 3.60. The van der Waals surface area contributed by atoms with Gasteiger partial charge in [-0.3, -0.25) is 14.5 Å². The number of carbonyl (C=O) groups is 1. The zero-order chi connectivity index (χ0) is 25.9. The van der Waals surface area contributed by atoms with Gasteiger partial charge in [0.25, 0.3) is 5.91 Å². The lowest BCUT2D eigenvalue weighted by Crippen LogP contribution is -2.41. The lowest BCUT2D eigenvalue weighted by atomic mass is 10.0. The third-order valence-electron chi connectivity index (χ3n) is 4.99. The molecule has 1 aliphatic rings. The molecule has 0 aliphatic carbocycles. The van der Waals surface area contributed by atoms with E-state index < -0.39 is 49.4 Å². The Kier molecular flexibility index (Phi) is 7.26. The van der Waals surface area contributed by atoms with E-state index in [1.807, 2.05) is 0 Å². The Morgan fingerprint density at radius 3 is 2.58 bits per heavy atom. The molecular formula is C20H17F6N5O5. The van der Waals surface area contributed by atoms with Crippen LogP contribution in [0, 0.1) is 0 Å². The molecule has 1 aliphatic heterocycles. The molecule has 1 saturated heterocycles. The van der Waals surface area contributed by atoms with Crippen molar-refractivity contribution in [2.45, 2.75) is 37.5 Å². The number of nitrogens with zero attached hydrogens (tertiary/aromatic N) is 4. The van der Waals surface area contributed by atoms with E-state index in [-0.39, 0.29) is 35.3 Å². The summed E-state index contributed by atoms with van der Waals surface area (Å²) in [6.45, 7) is -1.13. The van der Waals surface area contributed by atoms with E-state index in [0.717, 1.165) is 24.4 Å². The van der Waals surface area contributed by atoms with Crippen molar-refractivity contribution in [1.29, 1.82) is 0 Å². The maximum absolute atomic E-state index is 12.8. The largest absolute Gasteiger partial charge is 0.522 e. The Labute approximate surface area is 198 Å². The third kappa shape index (κ3) is 6.57. The van der Waals surface area contributed by atoms with Gasteiger partial charge in [-0.05, 0) is 31.0 Å². The van der Waals surface area contributed by atoms with Crippen LogP contribution in [0.5, 0.6) is 6.08 Å². The quantitative estimate of drug-likeness (QED) is 0.367. The number of fused-ring (bicyclic) bond motifs is 1. The van der Waals surface area contributed by atoms with Gasteiger partial charge in [-0.15, -0.1) is 18.3 Å². The van der Waals surface area contributed by atoms with Gasteiger partial charge >= 0.3 is 18.6 Å². The molecule has 0 bridgehead atoms. The fourth-order valence-electron chi connectivity index (χ4n) is 3.31. The summed E-state index contributed by atoms with van der Waals surface area (Å²) in [4.78, 5) is 20.5. The molecule has 16 heteroatoms. The molecule has 0 spiro atoms. The van der Waals surface area contributed by atoms with Gasteiger partial charge in [-0.1, -0.05) is 5.10 Å². The molecule has 4 rings (SSSR count). The minimum Gasteiger partial charge on any atom is -0.447 e. The van der Waals surface area contributed by atoms with E-state index >= 15 is 0 Å². The topological polar surface area (TPSA) is 121 Å². The number of aromatic nitrogens is 4. The van der Waals surface area contributed by atoms with Crippen LogP contribution in [-0.4, -0.2) is 58.3 Å². The Morgan fingerprint density at radius 1 is 1.08 bits per heavy atom. The van der Waals surface area contributed by atoms with Crippen molar-refractivity contribution >= 4 is 16.9 Å². The highest BCUT2D eigenvalue weighted by Crippen LogP contribution is 2.31. The van der Waals surface area contributed by atoms with Crippen LogP contribution in [0.25, 0.3) is 11.0 Å². The first-order chi connectivity index (χ1) is 17.0. The van der Waals surface area contributed by atoms with Crippen LogP contribution in [0.3, 0.4) is 0 Å². The zero-order valence-corrected chi connectivity index (χ0v) is 18.1. The number of alkyl halides is 6. The molecule has 36 heavy (non-hydrogen) atoms. The Bertz CT molecular complexity index is 1210. The number of nitrogens with one attached hydrogen (secondary N) is 1. The number of amides is 1. The van der Waals surface area contributed by atoms with Crippen molar-refractivity contribution in [2.24, 2.45) is 0 Å². The van der Waals surface area contributed by atoms with Crippen LogP contribution < -0.4 is 10.1 Å². The molecule has 1 fully saturated rings. The second-order valence-corrected chi connectivity index (χ2v) is 7.58. The fourth-order valence-corrected chi connectivity index (χ4v) is 3.31. The van der Waals surface area contributed by atoms with Crippen LogP contribution in [0.1, 0.15) is 40.9 Å². The number of ether oxygens (including phenoxy) is 3. The summed E-state index contributed by atoms with van der Waals surface area (Å²) in [5.41, 5.74) is -0.806. The normalized spacial score (nSPS) is 18.8. The highest BCUT2D eigenvalue weighted by atomic mass is 19.4. The number of rotatable bonds is 7. The summed E-state index contributed by atoms with van der Waals surface area (Å²) < 4.78 is 93.6. The molecule has 3 heterocycles. The van der Waals surface area contributed by atoms with Crippen molar-refractivity contribution in [3.8, 4) is 6.08 Å². The van der Waals surface area contributed by atoms with E-state index in [1.165, 1.54) is 0 Å².